The lowest BCUT2D eigenvalue weighted by atomic mass is 10.00. The monoisotopic (exact) mass is 317 g/mol. The number of aromatic nitrogens is 4. The maximum absolute atomic E-state index is 5.58. The number of tetrazole rings is 1. The Bertz CT molecular complexity index is 710. The van der Waals surface area contributed by atoms with Gasteiger partial charge in [-0.05, 0) is 72.4 Å². The Balaban J connectivity index is 1.83. The molecular weight excluding hydrogens is 294 g/mol. The highest BCUT2D eigenvalue weighted by Crippen LogP contribution is 2.18. The first-order chi connectivity index (χ1) is 10.6. The molecule has 0 N–H and O–H groups in total. The van der Waals surface area contributed by atoms with E-state index in [2.05, 4.69) is 42.2 Å². The Labute approximate surface area is 136 Å². The standard InChI is InChI=1S/C16H23N5S/c1-12-7-9-19(10-8-12)11-20-16(22)21(18-17-20)15-6-4-5-13(2)14(15)3/h4-6,12H,7-11H2,1-3H3. The molecule has 0 amide bonds. The molecule has 0 unspecified atom stereocenters. The van der Waals surface area contributed by atoms with Crippen LogP contribution in [0.25, 0.3) is 5.69 Å². The Morgan fingerprint density at radius 2 is 1.91 bits per heavy atom. The van der Waals surface area contributed by atoms with Crippen molar-refractivity contribution in [1.29, 1.82) is 0 Å². The third-order valence-electron chi connectivity index (χ3n) is 4.65. The van der Waals surface area contributed by atoms with Crippen LogP contribution in [0.15, 0.2) is 18.2 Å². The molecule has 1 aliphatic heterocycles. The third-order valence-corrected chi connectivity index (χ3v) is 5.04. The second-order valence-electron chi connectivity index (χ2n) is 6.33. The maximum atomic E-state index is 5.58. The molecule has 1 saturated heterocycles. The Morgan fingerprint density at radius 3 is 2.64 bits per heavy atom. The van der Waals surface area contributed by atoms with Gasteiger partial charge in [0.25, 0.3) is 0 Å². The van der Waals surface area contributed by atoms with Crippen LogP contribution in [-0.2, 0) is 6.67 Å². The largest absolute Gasteiger partial charge is 0.284 e. The molecule has 5 nitrogen and oxygen atoms in total. The van der Waals surface area contributed by atoms with Crippen LogP contribution in [-0.4, -0.2) is 37.8 Å². The summed E-state index contributed by atoms with van der Waals surface area (Å²) in [4.78, 5) is 2.40. The molecule has 0 atom stereocenters. The van der Waals surface area contributed by atoms with Gasteiger partial charge in [-0.3, -0.25) is 4.90 Å². The van der Waals surface area contributed by atoms with Gasteiger partial charge in [0.1, 0.15) is 0 Å². The first-order valence-corrected chi connectivity index (χ1v) is 8.29. The fourth-order valence-corrected chi connectivity index (χ4v) is 3.10. The summed E-state index contributed by atoms with van der Waals surface area (Å²) in [7, 11) is 0. The van der Waals surface area contributed by atoms with Gasteiger partial charge in [-0.15, -0.1) is 0 Å². The van der Waals surface area contributed by atoms with Gasteiger partial charge in [0.15, 0.2) is 0 Å². The van der Waals surface area contributed by atoms with Gasteiger partial charge in [0.2, 0.25) is 4.77 Å². The zero-order valence-corrected chi connectivity index (χ0v) is 14.3. The van der Waals surface area contributed by atoms with Gasteiger partial charge in [-0.2, -0.15) is 4.68 Å². The van der Waals surface area contributed by atoms with E-state index in [0.29, 0.717) is 4.77 Å². The van der Waals surface area contributed by atoms with Crippen molar-refractivity contribution in [1.82, 2.24) is 24.7 Å². The lowest BCUT2D eigenvalue weighted by molar-refractivity contribution is 0.145. The topological polar surface area (TPSA) is 38.9 Å². The van der Waals surface area contributed by atoms with Crippen LogP contribution >= 0.6 is 12.2 Å². The summed E-state index contributed by atoms with van der Waals surface area (Å²) in [5, 5.41) is 8.53. The Hall–Kier alpha value is -1.53. The molecule has 2 heterocycles. The predicted octanol–water partition coefficient (Wildman–Crippen LogP) is 3.10. The lowest BCUT2D eigenvalue weighted by Gasteiger charge is -2.29. The van der Waals surface area contributed by atoms with Gasteiger partial charge in [-0.1, -0.05) is 19.1 Å². The van der Waals surface area contributed by atoms with E-state index < -0.39 is 0 Å². The van der Waals surface area contributed by atoms with E-state index in [-0.39, 0.29) is 0 Å². The molecule has 1 aromatic carbocycles. The number of nitrogens with zero attached hydrogens (tertiary/aromatic N) is 5. The maximum Gasteiger partial charge on any atom is 0.221 e. The van der Waals surface area contributed by atoms with E-state index in [1.807, 2.05) is 16.8 Å². The summed E-state index contributed by atoms with van der Waals surface area (Å²) in [5.74, 6) is 0.829. The lowest BCUT2D eigenvalue weighted by Crippen LogP contribution is -2.34. The van der Waals surface area contributed by atoms with E-state index in [0.717, 1.165) is 31.4 Å². The average Bonchev–Trinajstić information content (AvgIpc) is 2.86. The van der Waals surface area contributed by atoms with Crippen molar-refractivity contribution in [2.24, 2.45) is 5.92 Å². The minimum atomic E-state index is 0.660. The second-order valence-corrected chi connectivity index (χ2v) is 6.70. The van der Waals surface area contributed by atoms with Crippen LogP contribution in [0.4, 0.5) is 0 Å². The second kappa shape index (κ2) is 6.30. The fraction of sp³-hybridized carbons (Fsp3) is 0.562. The number of likely N-dealkylation sites (tertiary alicyclic amines) is 1. The van der Waals surface area contributed by atoms with E-state index in [4.69, 9.17) is 12.2 Å². The molecule has 3 rings (SSSR count). The molecule has 1 aromatic heterocycles. The number of hydrogen-bond acceptors (Lipinski definition) is 4. The van der Waals surface area contributed by atoms with Gasteiger partial charge < -0.3 is 0 Å². The van der Waals surface area contributed by atoms with Crippen LogP contribution in [0.5, 0.6) is 0 Å². The third kappa shape index (κ3) is 2.98. The highest BCUT2D eigenvalue weighted by Gasteiger charge is 2.17. The van der Waals surface area contributed by atoms with E-state index >= 15 is 0 Å². The molecule has 0 spiro atoms. The number of benzene rings is 1. The molecule has 22 heavy (non-hydrogen) atoms. The molecular formula is C16H23N5S. The summed E-state index contributed by atoms with van der Waals surface area (Å²) in [5.41, 5.74) is 3.44. The fourth-order valence-electron chi connectivity index (χ4n) is 2.87. The van der Waals surface area contributed by atoms with Crippen molar-refractivity contribution in [3.8, 4) is 5.69 Å². The molecule has 6 heteroatoms. The molecule has 1 fully saturated rings. The number of piperidine rings is 1. The van der Waals surface area contributed by atoms with Crippen LogP contribution in [0.3, 0.4) is 0 Å². The summed E-state index contributed by atoms with van der Waals surface area (Å²) in [6.07, 6.45) is 2.50. The van der Waals surface area contributed by atoms with Crippen molar-refractivity contribution in [2.75, 3.05) is 13.1 Å². The van der Waals surface area contributed by atoms with Crippen LogP contribution in [0, 0.1) is 24.5 Å². The summed E-state index contributed by atoms with van der Waals surface area (Å²) in [6.45, 7) is 9.47. The first kappa shape index (κ1) is 15.4. The molecule has 0 radical (unpaired) electrons. The molecule has 1 aliphatic rings. The highest BCUT2D eigenvalue weighted by atomic mass is 32.1. The summed E-state index contributed by atoms with van der Waals surface area (Å²) < 4.78 is 4.25. The van der Waals surface area contributed by atoms with Crippen molar-refractivity contribution in [3.05, 3.63) is 34.1 Å². The normalized spacial score (nSPS) is 17.0. The van der Waals surface area contributed by atoms with E-state index in [9.17, 15) is 0 Å². The first-order valence-electron chi connectivity index (χ1n) is 7.88. The smallest absolute Gasteiger partial charge is 0.221 e. The number of rotatable bonds is 3. The van der Waals surface area contributed by atoms with Gasteiger partial charge in [-0.25, -0.2) is 4.68 Å². The van der Waals surface area contributed by atoms with Gasteiger partial charge >= 0.3 is 0 Å². The number of hydrogen-bond donors (Lipinski definition) is 0. The quantitative estimate of drug-likeness (QED) is 0.816. The van der Waals surface area contributed by atoms with Gasteiger partial charge in [0, 0.05) is 13.1 Å². The Kier molecular flexibility index (Phi) is 4.40. The van der Waals surface area contributed by atoms with Crippen LogP contribution in [0.1, 0.15) is 30.9 Å². The molecule has 118 valence electrons. The van der Waals surface area contributed by atoms with Gasteiger partial charge in [0.05, 0.1) is 12.4 Å². The highest BCUT2D eigenvalue weighted by molar-refractivity contribution is 7.71. The van der Waals surface area contributed by atoms with Crippen molar-refractivity contribution < 1.29 is 0 Å². The minimum absolute atomic E-state index is 0.660. The summed E-state index contributed by atoms with van der Waals surface area (Å²) >= 11 is 5.58. The zero-order valence-electron chi connectivity index (χ0n) is 13.5. The molecule has 0 aliphatic carbocycles. The van der Waals surface area contributed by atoms with Crippen molar-refractivity contribution in [3.63, 3.8) is 0 Å². The zero-order chi connectivity index (χ0) is 15.7. The minimum Gasteiger partial charge on any atom is -0.284 e. The van der Waals surface area contributed by atoms with E-state index in [1.165, 1.54) is 24.0 Å². The van der Waals surface area contributed by atoms with Crippen molar-refractivity contribution in [2.45, 2.75) is 40.3 Å². The van der Waals surface area contributed by atoms with Crippen molar-refractivity contribution >= 4 is 12.2 Å². The SMILES string of the molecule is Cc1cccc(-n2nnn(CN3CCC(C)CC3)c2=S)c1C. The van der Waals surface area contributed by atoms with Crippen LogP contribution < -0.4 is 0 Å². The summed E-state index contributed by atoms with van der Waals surface area (Å²) in [6, 6.07) is 6.17. The molecule has 0 saturated carbocycles. The molecule has 0 bridgehead atoms. The van der Waals surface area contributed by atoms with Crippen LogP contribution in [0.2, 0.25) is 0 Å². The number of aryl methyl sites for hydroxylation is 1. The molecule has 2 aromatic rings. The average molecular weight is 317 g/mol. The van der Waals surface area contributed by atoms with E-state index in [1.54, 1.807) is 4.68 Å². The predicted molar refractivity (Wildman–Crippen MR) is 89.6 cm³/mol. The Morgan fingerprint density at radius 1 is 1.18 bits per heavy atom.